The van der Waals surface area contributed by atoms with E-state index in [2.05, 4.69) is 49.0 Å². The lowest BCUT2D eigenvalue weighted by atomic mass is 10.2. The summed E-state index contributed by atoms with van der Waals surface area (Å²) < 4.78 is 4.79. The Morgan fingerprint density at radius 2 is 2.19 bits per heavy atom. The quantitative estimate of drug-likeness (QED) is 0.422. The van der Waals surface area contributed by atoms with Gasteiger partial charge in [-0.3, -0.25) is 10.2 Å². The average Bonchev–Trinajstić information content (AvgIpc) is 3.10. The summed E-state index contributed by atoms with van der Waals surface area (Å²) in [6.07, 6.45) is 3.60. The van der Waals surface area contributed by atoms with Crippen LogP contribution in [0.2, 0.25) is 0 Å². The molecule has 0 radical (unpaired) electrons. The number of nitrogens with one attached hydrogen (secondary N) is 1. The molecule has 0 bridgehead atoms. The van der Waals surface area contributed by atoms with E-state index in [-0.39, 0.29) is 5.69 Å². The fourth-order valence-corrected chi connectivity index (χ4v) is 2.50. The van der Waals surface area contributed by atoms with Crippen LogP contribution in [0.5, 0.6) is 0 Å². The summed E-state index contributed by atoms with van der Waals surface area (Å²) in [5.74, 6) is 4.61. The van der Waals surface area contributed by atoms with Crippen LogP contribution in [0.15, 0.2) is 41.1 Å². The van der Waals surface area contributed by atoms with E-state index in [0.717, 1.165) is 16.5 Å². The molecule has 108 valence electrons. The van der Waals surface area contributed by atoms with E-state index in [0.29, 0.717) is 6.54 Å². The number of nitrogens with two attached hydrogens (primary N) is 1. The van der Waals surface area contributed by atoms with Gasteiger partial charge in [-0.05, 0) is 23.6 Å². The molecule has 8 heteroatoms. The first-order valence-corrected chi connectivity index (χ1v) is 7.12. The summed E-state index contributed by atoms with van der Waals surface area (Å²) in [6.45, 7) is 1.34. The van der Waals surface area contributed by atoms with Crippen molar-refractivity contribution in [1.82, 2.24) is 25.0 Å². The minimum atomic E-state index is -0.448. The van der Waals surface area contributed by atoms with Crippen molar-refractivity contribution in [2.45, 2.75) is 13.1 Å². The Kier molecular flexibility index (Phi) is 3.72. The number of hydrazine groups is 1. The van der Waals surface area contributed by atoms with Crippen LogP contribution >= 0.6 is 15.9 Å². The highest BCUT2D eigenvalue weighted by molar-refractivity contribution is 9.10. The highest BCUT2D eigenvalue weighted by Crippen LogP contribution is 2.20. The van der Waals surface area contributed by atoms with Gasteiger partial charge in [-0.2, -0.15) is 0 Å². The van der Waals surface area contributed by atoms with Crippen LogP contribution in [0.4, 0.5) is 0 Å². The summed E-state index contributed by atoms with van der Waals surface area (Å²) in [5.41, 5.74) is 3.38. The Bertz CT molecular complexity index is 793. The van der Waals surface area contributed by atoms with E-state index in [1.165, 1.54) is 5.39 Å². The van der Waals surface area contributed by atoms with Gasteiger partial charge < -0.3 is 4.57 Å². The number of nitrogen functional groups attached to an aromatic ring is 1. The third-order valence-electron chi connectivity index (χ3n) is 3.21. The van der Waals surface area contributed by atoms with Gasteiger partial charge in [-0.15, -0.1) is 5.10 Å². The third kappa shape index (κ3) is 2.81. The number of amides is 1. The molecule has 0 aliphatic rings. The summed E-state index contributed by atoms with van der Waals surface area (Å²) in [5, 5.41) is 8.86. The van der Waals surface area contributed by atoms with Gasteiger partial charge in [0, 0.05) is 22.7 Å². The molecule has 0 aliphatic carbocycles. The molecular weight excluding hydrogens is 336 g/mol. The van der Waals surface area contributed by atoms with E-state index in [1.54, 1.807) is 10.9 Å². The van der Waals surface area contributed by atoms with Crippen molar-refractivity contribution in [1.29, 1.82) is 0 Å². The van der Waals surface area contributed by atoms with Gasteiger partial charge in [0.1, 0.15) is 0 Å². The SMILES string of the molecule is NNC(=O)c1cn(CCn2ccc3ccc(Br)cc32)nn1. The molecular formula is C13H13BrN6O. The molecule has 3 aromatic rings. The van der Waals surface area contributed by atoms with E-state index >= 15 is 0 Å². The number of hydrogen-bond acceptors (Lipinski definition) is 4. The van der Waals surface area contributed by atoms with Crippen molar-refractivity contribution < 1.29 is 4.79 Å². The first-order valence-electron chi connectivity index (χ1n) is 6.33. The minimum absolute atomic E-state index is 0.206. The summed E-state index contributed by atoms with van der Waals surface area (Å²) in [4.78, 5) is 11.3. The van der Waals surface area contributed by atoms with E-state index in [9.17, 15) is 4.79 Å². The number of carbonyl (C=O) groups excluding carboxylic acids is 1. The van der Waals surface area contributed by atoms with E-state index in [1.807, 2.05) is 17.7 Å². The smallest absolute Gasteiger partial charge is 0.287 e. The largest absolute Gasteiger partial charge is 0.346 e. The zero-order valence-corrected chi connectivity index (χ0v) is 12.6. The van der Waals surface area contributed by atoms with Crippen LogP contribution in [0.25, 0.3) is 10.9 Å². The maximum atomic E-state index is 11.3. The molecule has 1 amide bonds. The second kappa shape index (κ2) is 5.66. The van der Waals surface area contributed by atoms with Gasteiger partial charge >= 0.3 is 0 Å². The highest BCUT2D eigenvalue weighted by Gasteiger charge is 2.09. The Balaban J connectivity index is 1.76. The molecule has 0 spiro atoms. The van der Waals surface area contributed by atoms with Crippen molar-refractivity contribution in [2.24, 2.45) is 5.84 Å². The minimum Gasteiger partial charge on any atom is -0.346 e. The van der Waals surface area contributed by atoms with Crippen LogP contribution in [-0.4, -0.2) is 25.5 Å². The topological polar surface area (TPSA) is 90.8 Å². The van der Waals surface area contributed by atoms with Crippen LogP contribution in [-0.2, 0) is 13.1 Å². The number of rotatable bonds is 4. The lowest BCUT2D eigenvalue weighted by Gasteiger charge is -2.05. The molecule has 1 aromatic carbocycles. The molecule has 2 heterocycles. The van der Waals surface area contributed by atoms with Crippen molar-refractivity contribution in [3.8, 4) is 0 Å². The highest BCUT2D eigenvalue weighted by atomic mass is 79.9. The summed E-state index contributed by atoms with van der Waals surface area (Å²) in [6, 6.07) is 8.22. The zero-order valence-electron chi connectivity index (χ0n) is 11.0. The maximum Gasteiger partial charge on any atom is 0.287 e. The lowest BCUT2D eigenvalue weighted by Crippen LogP contribution is -2.30. The molecule has 0 aliphatic heterocycles. The van der Waals surface area contributed by atoms with Crippen molar-refractivity contribution >= 4 is 32.7 Å². The number of aryl methyl sites for hydroxylation is 2. The van der Waals surface area contributed by atoms with Crippen LogP contribution < -0.4 is 11.3 Å². The van der Waals surface area contributed by atoms with Crippen molar-refractivity contribution in [3.05, 3.63) is 46.8 Å². The van der Waals surface area contributed by atoms with Gasteiger partial charge in [0.05, 0.1) is 12.7 Å². The number of benzene rings is 1. The van der Waals surface area contributed by atoms with Crippen LogP contribution in [0.1, 0.15) is 10.5 Å². The number of carbonyl (C=O) groups is 1. The molecule has 0 fully saturated rings. The van der Waals surface area contributed by atoms with Gasteiger partial charge in [0.2, 0.25) is 0 Å². The first kappa shape index (κ1) is 13.8. The second-order valence-electron chi connectivity index (χ2n) is 4.55. The Hall–Kier alpha value is -2.19. The second-order valence-corrected chi connectivity index (χ2v) is 5.47. The van der Waals surface area contributed by atoms with Gasteiger partial charge in [0.15, 0.2) is 5.69 Å². The Labute approximate surface area is 128 Å². The zero-order chi connectivity index (χ0) is 14.8. The van der Waals surface area contributed by atoms with Crippen molar-refractivity contribution in [3.63, 3.8) is 0 Å². The van der Waals surface area contributed by atoms with Gasteiger partial charge in [-0.1, -0.05) is 27.2 Å². The standard InChI is InChI=1S/C13H13BrN6O/c14-10-2-1-9-3-4-19(12(9)7-10)5-6-20-8-11(17-18-20)13(21)16-15/h1-4,7-8H,5-6,15H2,(H,16,21). The average molecular weight is 349 g/mol. The summed E-state index contributed by atoms with van der Waals surface area (Å²) >= 11 is 3.48. The lowest BCUT2D eigenvalue weighted by molar-refractivity contribution is 0.0948. The normalized spacial score (nSPS) is 11.0. The number of fused-ring (bicyclic) bond motifs is 1. The van der Waals surface area contributed by atoms with Crippen molar-refractivity contribution in [2.75, 3.05) is 0 Å². The predicted octanol–water partition coefficient (Wildman–Crippen LogP) is 1.30. The first-order chi connectivity index (χ1) is 10.2. The molecule has 0 atom stereocenters. The molecule has 0 unspecified atom stereocenters. The molecule has 21 heavy (non-hydrogen) atoms. The fraction of sp³-hybridized carbons (Fsp3) is 0.154. The monoisotopic (exact) mass is 348 g/mol. The number of nitrogens with zero attached hydrogens (tertiary/aromatic N) is 4. The third-order valence-corrected chi connectivity index (χ3v) is 3.70. The van der Waals surface area contributed by atoms with Crippen LogP contribution in [0.3, 0.4) is 0 Å². The Morgan fingerprint density at radius 3 is 3.00 bits per heavy atom. The van der Waals surface area contributed by atoms with Gasteiger partial charge in [0.25, 0.3) is 5.91 Å². The molecule has 0 saturated carbocycles. The number of hydrogen-bond donors (Lipinski definition) is 2. The molecule has 3 N–H and O–H groups in total. The summed E-state index contributed by atoms with van der Waals surface area (Å²) in [7, 11) is 0. The maximum absolute atomic E-state index is 11.3. The number of halogens is 1. The molecule has 7 nitrogen and oxygen atoms in total. The van der Waals surface area contributed by atoms with E-state index < -0.39 is 5.91 Å². The molecule has 0 saturated heterocycles. The van der Waals surface area contributed by atoms with Crippen LogP contribution in [0, 0.1) is 0 Å². The molecule has 3 rings (SSSR count). The molecule has 2 aromatic heterocycles. The fourth-order valence-electron chi connectivity index (χ4n) is 2.15. The predicted molar refractivity (Wildman–Crippen MR) is 81.3 cm³/mol. The number of aromatic nitrogens is 4. The van der Waals surface area contributed by atoms with Gasteiger partial charge in [-0.25, -0.2) is 10.5 Å². The Morgan fingerprint density at radius 1 is 1.33 bits per heavy atom. The van der Waals surface area contributed by atoms with E-state index in [4.69, 9.17) is 5.84 Å².